The van der Waals surface area contributed by atoms with Gasteiger partial charge in [-0.1, -0.05) is 12.1 Å². The van der Waals surface area contributed by atoms with Crippen LogP contribution in [0.25, 0.3) is 0 Å². The van der Waals surface area contributed by atoms with Gasteiger partial charge < -0.3 is 0 Å². The van der Waals surface area contributed by atoms with Gasteiger partial charge in [0, 0.05) is 12.8 Å². The highest BCUT2D eigenvalue weighted by Crippen LogP contribution is 2.28. The van der Waals surface area contributed by atoms with Crippen molar-refractivity contribution in [2.75, 3.05) is 0 Å². The molecular weight excluding hydrogens is 243 g/mol. The molecule has 0 bridgehead atoms. The van der Waals surface area contributed by atoms with E-state index in [2.05, 4.69) is 0 Å². The smallest absolute Gasteiger partial charge is 0.184 e. The molecule has 1 aromatic rings. The fourth-order valence-corrected chi connectivity index (χ4v) is 3.95. The van der Waals surface area contributed by atoms with E-state index < -0.39 is 20.9 Å². The quantitative estimate of drug-likeness (QED) is 0.814. The Hall–Kier alpha value is -1.23. The molecule has 1 saturated carbocycles. The molecule has 0 aromatic heterocycles. The van der Waals surface area contributed by atoms with Gasteiger partial charge in [0.2, 0.25) is 0 Å². The predicted octanol–water partition coefficient (Wildman–Crippen LogP) is 2.11. The zero-order valence-corrected chi connectivity index (χ0v) is 10.0. The minimum atomic E-state index is -3.72. The van der Waals surface area contributed by atoms with Crippen molar-refractivity contribution in [2.45, 2.75) is 35.8 Å². The first-order valence-corrected chi connectivity index (χ1v) is 7.06. The van der Waals surface area contributed by atoms with Crippen LogP contribution in [0.15, 0.2) is 29.2 Å². The molecule has 0 aliphatic heterocycles. The molecule has 17 heavy (non-hydrogen) atoms. The molecule has 3 nitrogen and oxygen atoms in total. The SMILES string of the molecule is O=C1CCCC(S(=O)(=O)c2ccccc2F)C1. The van der Waals surface area contributed by atoms with Gasteiger partial charge in [0.05, 0.1) is 5.25 Å². The summed E-state index contributed by atoms with van der Waals surface area (Å²) in [7, 11) is -3.72. The number of benzene rings is 1. The molecule has 0 amide bonds. The normalized spacial score (nSPS) is 21.5. The lowest BCUT2D eigenvalue weighted by Gasteiger charge is -2.21. The maximum Gasteiger partial charge on any atom is 0.184 e. The Morgan fingerprint density at radius 2 is 1.94 bits per heavy atom. The highest BCUT2D eigenvalue weighted by molar-refractivity contribution is 7.92. The zero-order valence-electron chi connectivity index (χ0n) is 9.23. The molecule has 0 saturated heterocycles. The van der Waals surface area contributed by atoms with Crippen molar-refractivity contribution >= 4 is 15.6 Å². The largest absolute Gasteiger partial charge is 0.300 e. The number of Topliss-reactive ketones (excluding diaryl/α,β-unsaturated/α-hetero) is 1. The van der Waals surface area contributed by atoms with Crippen LogP contribution in [-0.2, 0) is 14.6 Å². The summed E-state index contributed by atoms with van der Waals surface area (Å²) < 4.78 is 37.8. The Labute approximate surface area is 99.6 Å². The molecule has 5 heteroatoms. The molecule has 1 unspecified atom stereocenters. The summed E-state index contributed by atoms with van der Waals surface area (Å²) in [6.45, 7) is 0. The van der Waals surface area contributed by atoms with Crippen LogP contribution in [0.5, 0.6) is 0 Å². The van der Waals surface area contributed by atoms with Gasteiger partial charge in [0.25, 0.3) is 0 Å². The van der Waals surface area contributed by atoms with Gasteiger partial charge in [0.1, 0.15) is 16.5 Å². The van der Waals surface area contributed by atoms with E-state index in [1.165, 1.54) is 18.2 Å². The lowest BCUT2D eigenvalue weighted by atomic mass is 9.99. The maximum absolute atomic E-state index is 13.5. The third-order valence-electron chi connectivity index (χ3n) is 3.02. The van der Waals surface area contributed by atoms with Crippen LogP contribution < -0.4 is 0 Å². The Morgan fingerprint density at radius 3 is 2.59 bits per heavy atom. The van der Waals surface area contributed by atoms with E-state index in [4.69, 9.17) is 0 Å². The van der Waals surface area contributed by atoms with Gasteiger partial charge >= 0.3 is 0 Å². The van der Waals surface area contributed by atoms with Crippen LogP contribution in [0.4, 0.5) is 4.39 Å². The van der Waals surface area contributed by atoms with Crippen molar-refractivity contribution in [3.05, 3.63) is 30.1 Å². The maximum atomic E-state index is 13.5. The number of carbonyl (C=O) groups excluding carboxylic acids is 1. The van der Waals surface area contributed by atoms with E-state index in [1.807, 2.05) is 0 Å². The minimum absolute atomic E-state index is 0.0106. The highest BCUT2D eigenvalue weighted by atomic mass is 32.2. The first kappa shape index (κ1) is 12.2. The van der Waals surface area contributed by atoms with Crippen LogP contribution in [0, 0.1) is 5.82 Å². The van der Waals surface area contributed by atoms with Crippen LogP contribution in [0.1, 0.15) is 25.7 Å². The number of sulfone groups is 1. The van der Waals surface area contributed by atoms with Crippen LogP contribution in [0.2, 0.25) is 0 Å². The molecule has 0 radical (unpaired) electrons. The molecule has 0 heterocycles. The standard InChI is InChI=1S/C12H13FO3S/c13-11-6-1-2-7-12(11)17(15,16)10-5-3-4-9(14)8-10/h1-2,6-7,10H,3-5,8H2. The summed E-state index contributed by atoms with van der Waals surface area (Å²) in [5.41, 5.74) is 0. The third-order valence-corrected chi connectivity index (χ3v) is 5.24. The summed E-state index contributed by atoms with van der Waals surface area (Å²) in [5, 5.41) is -0.763. The molecule has 1 fully saturated rings. The van der Waals surface area contributed by atoms with Gasteiger partial charge in [0.15, 0.2) is 9.84 Å². The second-order valence-electron chi connectivity index (χ2n) is 4.23. The molecule has 0 N–H and O–H groups in total. The summed E-state index contributed by atoms with van der Waals surface area (Å²) in [6.07, 6.45) is 1.44. The molecule has 1 aromatic carbocycles. The van der Waals surface area contributed by atoms with E-state index in [0.717, 1.165) is 6.07 Å². The summed E-state index contributed by atoms with van der Waals surface area (Å²) in [5.74, 6) is -0.799. The Morgan fingerprint density at radius 1 is 1.24 bits per heavy atom. The molecule has 0 spiro atoms. The number of carbonyl (C=O) groups is 1. The molecule has 2 rings (SSSR count). The zero-order chi connectivity index (χ0) is 12.5. The second-order valence-corrected chi connectivity index (χ2v) is 6.43. The average molecular weight is 256 g/mol. The molecular formula is C12H13FO3S. The first-order valence-electron chi connectivity index (χ1n) is 5.52. The molecule has 1 atom stereocenters. The predicted molar refractivity (Wildman–Crippen MR) is 60.8 cm³/mol. The first-order chi connectivity index (χ1) is 8.01. The molecule has 1 aliphatic rings. The summed E-state index contributed by atoms with van der Waals surface area (Å²) in [6, 6.07) is 5.31. The Balaban J connectivity index is 2.36. The Bertz CT molecular complexity index is 536. The lowest BCUT2D eigenvalue weighted by Crippen LogP contribution is -2.28. The fourth-order valence-electron chi connectivity index (χ4n) is 2.10. The average Bonchev–Trinajstić information content (AvgIpc) is 2.29. The van der Waals surface area contributed by atoms with Crippen LogP contribution in [-0.4, -0.2) is 19.5 Å². The number of halogens is 1. The van der Waals surface area contributed by atoms with Crippen molar-refractivity contribution < 1.29 is 17.6 Å². The van der Waals surface area contributed by atoms with E-state index in [9.17, 15) is 17.6 Å². The van der Waals surface area contributed by atoms with Crippen molar-refractivity contribution in [3.8, 4) is 0 Å². The highest BCUT2D eigenvalue weighted by Gasteiger charge is 2.33. The lowest BCUT2D eigenvalue weighted by molar-refractivity contribution is -0.120. The van der Waals surface area contributed by atoms with E-state index >= 15 is 0 Å². The van der Waals surface area contributed by atoms with E-state index in [0.29, 0.717) is 19.3 Å². The van der Waals surface area contributed by atoms with Crippen LogP contribution in [0.3, 0.4) is 0 Å². The van der Waals surface area contributed by atoms with Crippen molar-refractivity contribution in [2.24, 2.45) is 0 Å². The second kappa shape index (κ2) is 4.56. The monoisotopic (exact) mass is 256 g/mol. The van der Waals surface area contributed by atoms with Crippen molar-refractivity contribution in [3.63, 3.8) is 0 Å². The summed E-state index contributed by atoms with van der Waals surface area (Å²) in [4.78, 5) is 11.0. The number of hydrogen-bond donors (Lipinski definition) is 0. The fraction of sp³-hybridized carbons (Fsp3) is 0.417. The van der Waals surface area contributed by atoms with Crippen molar-refractivity contribution in [1.82, 2.24) is 0 Å². The summed E-state index contributed by atoms with van der Waals surface area (Å²) >= 11 is 0. The number of hydrogen-bond acceptors (Lipinski definition) is 3. The van der Waals surface area contributed by atoms with E-state index in [1.54, 1.807) is 0 Å². The van der Waals surface area contributed by atoms with Gasteiger partial charge in [-0.05, 0) is 25.0 Å². The van der Waals surface area contributed by atoms with Crippen molar-refractivity contribution in [1.29, 1.82) is 0 Å². The van der Waals surface area contributed by atoms with Gasteiger partial charge in [-0.2, -0.15) is 0 Å². The third kappa shape index (κ3) is 2.39. The van der Waals surface area contributed by atoms with Gasteiger partial charge in [-0.3, -0.25) is 4.79 Å². The number of rotatable bonds is 2. The molecule has 1 aliphatic carbocycles. The van der Waals surface area contributed by atoms with Gasteiger partial charge in [-0.25, -0.2) is 12.8 Å². The number of ketones is 1. The minimum Gasteiger partial charge on any atom is -0.300 e. The van der Waals surface area contributed by atoms with E-state index in [-0.39, 0.29) is 17.1 Å². The van der Waals surface area contributed by atoms with Crippen LogP contribution >= 0.6 is 0 Å². The topological polar surface area (TPSA) is 51.2 Å². The van der Waals surface area contributed by atoms with Gasteiger partial charge in [-0.15, -0.1) is 0 Å². The Kier molecular flexibility index (Phi) is 3.28. The molecule has 92 valence electrons.